The van der Waals surface area contributed by atoms with Crippen molar-refractivity contribution in [3.05, 3.63) is 60.6 Å². The zero-order valence-electron chi connectivity index (χ0n) is 10.7. The Morgan fingerprint density at radius 2 is 1.70 bits per heavy atom. The predicted molar refractivity (Wildman–Crippen MR) is 71.8 cm³/mol. The van der Waals surface area contributed by atoms with Crippen molar-refractivity contribution in [3.63, 3.8) is 0 Å². The number of pyridine rings is 1. The molecule has 3 rings (SSSR count). The summed E-state index contributed by atoms with van der Waals surface area (Å²) >= 11 is 0. The van der Waals surface area contributed by atoms with Crippen LogP contribution < -0.4 is 0 Å². The monoisotopic (exact) mass is 271 g/mol. The number of hydrogen-bond acceptors (Lipinski definition) is 2. The topological polar surface area (TPSA) is 30.7 Å². The molecule has 0 fully saturated rings. The molecule has 2 heterocycles. The van der Waals surface area contributed by atoms with E-state index in [0.29, 0.717) is 11.3 Å². The smallest absolute Gasteiger partial charge is 0.159 e. The molecule has 0 aliphatic carbocycles. The van der Waals surface area contributed by atoms with Crippen LogP contribution in [0.3, 0.4) is 0 Å². The quantitative estimate of drug-likeness (QED) is 0.715. The summed E-state index contributed by atoms with van der Waals surface area (Å²) in [5.41, 5.74) is 2.92. The van der Waals surface area contributed by atoms with Crippen molar-refractivity contribution >= 4 is 0 Å². The highest BCUT2D eigenvalue weighted by Gasteiger charge is 2.13. The third-order valence-corrected chi connectivity index (χ3v) is 3.01. The van der Waals surface area contributed by atoms with E-state index < -0.39 is 11.6 Å². The number of aryl methyl sites for hydroxylation is 1. The van der Waals surface area contributed by atoms with Crippen LogP contribution in [0.1, 0.15) is 0 Å². The van der Waals surface area contributed by atoms with E-state index in [-0.39, 0.29) is 0 Å². The molecule has 1 aromatic carbocycles. The molecule has 20 heavy (non-hydrogen) atoms. The first-order valence-electron chi connectivity index (χ1n) is 6.04. The Hall–Kier alpha value is -2.56. The summed E-state index contributed by atoms with van der Waals surface area (Å²) in [6.07, 6.45) is 5.20. The number of halogens is 2. The van der Waals surface area contributed by atoms with E-state index in [4.69, 9.17) is 0 Å². The summed E-state index contributed by atoms with van der Waals surface area (Å²) < 4.78 is 28.1. The third-order valence-electron chi connectivity index (χ3n) is 3.01. The van der Waals surface area contributed by atoms with Gasteiger partial charge in [-0.05, 0) is 35.9 Å². The molecule has 0 bridgehead atoms. The Morgan fingerprint density at radius 3 is 2.40 bits per heavy atom. The number of nitrogens with zero attached hydrogens (tertiary/aromatic N) is 3. The first-order chi connectivity index (χ1) is 9.65. The Labute approximate surface area is 114 Å². The summed E-state index contributed by atoms with van der Waals surface area (Å²) in [5, 5.41) is 4.34. The van der Waals surface area contributed by atoms with Crippen molar-refractivity contribution in [1.82, 2.24) is 14.8 Å². The van der Waals surface area contributed by atoms with Gasteiger partial charge >= 0.3 is 0 Å². The first-order valence-corrected chi connectivity index (χ1v) is 6.04. The molecule has 0 aliphatic heterocycles. The van der Waals surface area contributed by atoms with Gasteiger partial charge in [-0.2, -0.15) is 5.10 Å². The Kier molecular flexibility index (Phi) is 3.02. The fourth-order valence-corrected chi connectivity index (χ4v) is 2.09. The highest BCUT2D eigenvalue weighted by Crippen LogP contribution is 2.31. The normalized spacial score (nSPS) is 10.8. The van der Waals surface area contributed by atoms with Crippen LogP contribution in [-0.4, -0.2) is 14.8 Å². The number of rotatable bonds is 2. The minimum atomic E-state index is -0.881. The molecule has 0 radical (unpaired) electrons. The van der Waals surface area contributed by atoms with Gasteiger partial charge in [0.1, 0.15) is 5.69 Å². The van der Waals surface area contributed by atoms with Crippen LogP contribution in [0.5, 0.6) is 0 Å². The first kappa shape index (κ1) is 12.5. The average Bonchev–Trinajstić information content (AvgIpc) is 2.85. The lowest BCUT2D eigenvalue weighted by Crippen LogP contribution is -1.90. The van der Waals surface area contributed by atoms with Crippen LogP contribution in [0.2, 0.25) is 0 Å². The van der Waals surface area contributed by atoms with Gasteiger partial charge in [-0.25, -0.2) is 8.78 Å². The molecule has 3 aromatic rings. The van der Waals surface area contributed by atoms with Crippen LogP contribution >= 0.6 is 0 Å². The second-order valence-electron chi connectivity index (χ2n) is 4.43. The summed E-state index contributed by atoms with van der Waals surface area (Å²) in [4.78, 5) is 3.97. The van der Waals surface area contributed by atoms with Gasteiger partial charge < -0.3 is 0 Å². The minimum Gasteiger partial charge on any atom is -0.275 e. The Balaban J connectivity index is 2.17. The van der Waals surface area contributed by atoms with Crippen LogP contribution in [0, 0.1) is 11.6 Å². The van der Waals surface area contributed by atoms with Gasteiger partial charge in [0.2, 0.25) is 0 Å². The molecule has 100 valence electrons. The van der Waals surface area contributed by atoms with Gasteiger partial charge in [0.25, 0.3) is 0 Å². The molecule has 2 aromatic heterocycles. The second kappa shape index (κ2) is 4.85. The van der Waals surface area contributed by atoms with Crippen LogP contribution in [0.25, 0.3) is 22.4 Å². The zero-order valence-corrected chi connectivity index (χ0v) is 10.7. The average molecular weight is 271 g/mol. The Bertz CT molecular complexity index is 751. The molecule has 0 aliphatic rings. The lowest BCUT2D eigenvalue weighted by molar-refractivity contribution is 0.509. The highest BCUT2D eigenvalue weighted by molar-refractivity contribution is 5.80. The van der Waals surface area contributed by atoms with Crippen LogP contribution in [-0.2, 0) is 7.05 Å². The van der Waals surface area contributed by atoms with Gasteiger partial charge in [-0.3, -0.25) is 9.67 Å². The fraction of sp³-hybridized carbons (Fsp3) is 0.0667. The van der Waals surface area contributed by atoms with Crippen molar-refractivity contribution in [2.24, 2.45) is 7.05 Å². The maximum Gasteiger partial charge on any atom is 0.159 e. The summed E-state index contributed by atoms with van der Waals surface area (Å²) in [5.74, 6) is -1.75. The SMILES string of the molecule is Cn1cc(-c2ccncc2)c(-c2ccc(F)c(F)c2)n1. The van der Waals surface area contributed by atoms with Crippen molar-refractivity contribution in [2.45, 2.75) is 0 Å². The highest BCUT2D eigenvalue weighted by atomic mass is 19.2. The fourth-order valence-electron chi connectivity index (χ4n) is 2.09. The Morgan fingerprint density at radius 1 is 0.950 bits per heavy atom. The largest absolute Gasteiger partial charge is 0.275 e. The lowest BCUT2D eigenvalue weighted by Gasteiger charge is -2.03. The number of aromatic nitrogens is 3. The molecular formula is C15H11F2N3. The van der Waals surface area contributed by atoms with Gasteiger partial charge in [-0.15, -0.1) is 0 Å². The molecule has 0 spiro atoms. The van der Waals surface area contributed by atoms with Crippen LogP contribution in [0.15, 0.2) is 48.9 Å². The summed E-state index contributed by atoms with van der Waals surface area (Å²) in [7, 11) is 1.79. The van der Waals surface area contributed by atoms with Crippen molar-refractivity contribution in [3.8, 4) is 22.4 Å². The van der Waals surface area contributed by atoms with Crippen molar-refractivity contribution < 1.29 is 8.78 Å². The molecule has 0 saturated carbocycles. The van der Waals surface area contributed by atoms with E-state index >= 15 is 0 Å². The molecule has 0 saturated heterocycles. The van der Waals surface area contributed by atoms with E-state index in [9.17, 15) is 8.78 Å². The van der Waals surface area contributed by atoms with E-state index in [1.165, 1.54) is 6.07 Å². The standard InChI is InChI=1S/C15H11F2N3/c1-20-9-12(10-4-6-18-7-5-10)15(19-20)11-2-3-13(16)14(17)8-11/h2-9H,1H3. The third kappa shape index (κ3) is 2.18. The van der Waals surface area contributed by atoms with Gasteiger partial charge in [0.05, 0.1) is 0 Å². The predicted octanol–water partition coefficient (Wildman–Crippen LogP) is 3.43. The van der Waals surface area contributed by atoms with Gasteiger partial charge in [0.15, 0.2) is 11.6 Å². The lowest BCUT2D eigenvalue weighted by atomic mass is 10.0. The molecule has 0 atom stereocenters. The maximum atomic E-state index is 13.4. The number of hydrogen-bond donors (Lipinski definition) is 0. The van der Waals surface area contributed by atoms with Gasteiger partial charge in [-0.1, -0.05) is 0 Å². The van der Waals surface area contributed by atoms with E-state index in [1.54, 1.807) is 24.1 Å². The van der Waals surface area contributed by atoms with Gasteiger partial charge in [0, 0.05) is 36.8 Å². The van der Waals surface area contributed by atoms with Crippen molar-refractivity contribution in [2.75, 3.05) is 0 Å². The number of benzene rings is 1. The maximum absolute atomic E-state index is 13.4. The van der Waals surface area contributed by atoms with E-state index in [1.807, 2.05) is 18.3 Å². The molecule has 5 heteroatoms. The summed E-state index contributed by atoms with van der Waals surface area (Å²) in [6.45, 7) is 0. The second-order valence-corrected chi connectivity index (χ2v) is 4.43. The molecule has 0 amide bonds. The molecule has 0 N–H and O–H groups in total. The molecular weight excluding hydrogens is 260 g/mol. The molecule has 0 unspecified atom stereocenters. The minimum absolute atomic E-state index is 0.538. The van der Waals surface area contributed by atoms with E-state index in [2.05, 4.69) is 10.1 Å². The summed E-state index contributed by atoms with van der Waals surface area (Å²) in [6, 6.07) is 7.48. The molecule has 3 nitrogen and oxygen atoms in total. The van der Waals surface area contributed by atoms with Crippen LogP contribution in [0.4, 0.5) is 8.78 Å². The zero-order chi connectivity index (χ0) is 14.1. The van der Waals surface area contributed by atoms with E-state index in [0.717, 1.165) is 23.3 Å². The van der Waals surface area contributed by atoms with Crippen molar-refractivity contribution in [1.29, 1.82) is 0 Å².